The number of nitrogens with zero attached hydrogens (tertiary/aromatic N) is 2. The first-order valence-electron chi connectivity index (χ1n) is 6.30. The lowest BCUT2D eigenvalue weighted by atomic mass is 10.1. The van der Waals surface area contributed by atoms with Crippen molar-refractivity contribution in [1.29, 1.82) is 0 Å². The third-order valence-corrected chi connectivity index (χ3v) is 5.90. The molecular weight excluding hydrogens is 302 g/mol. The van der Waals surface area contributed by atoms with Crippen LogP contribution in [0.3, 0.4) is 0 Å². The van der Waals surface area contributed by atoms with Crippen molar-refractivity contribution in [2.75, 3.05) is 18.6 Å². The molecule has 0 aliphatic carbocycles. The molecule has 1 aliphatic heterocycles. The molecule has 0 radical (unpaired) electrons. The van der Waals surface area contributed by atoms with Gasteiger partial charge in [-0.3, -0.25) is 4.79 Å². The number of carbonyl (C=O) groups excluding carboxylic acids is 1. The maximum atomic E-state index is 11.4. The normalized spacial score (nSPS) is 22.6. The third kappa shape index (κ3) is 3.95. The predicted molar refractivity (Wildman–Crippen MR) is 74.1 cm³/mol. The van der Waals surface area contributed by atoms with Gasteiger partial charge in [0, 0.05) is 13.5 Å². The topological polar surface area (TPSA) is 102 Å². The van der Waals surface area contributed by atoms with Crippen molar-refractivity contribution in [1.82, 2.24) is 15.5 Å². The van der Waals surface area contributed by atoms with Crippen LogP contribution in [0.2, 0.25) is 0 Å². The van der Waals surface area contributed by atoms with Crippen LogP contribution in [-0.4, -0.2) is 48.3 Å². The van der Waals surface area contributed by atoms with E-state index in [-0.39, 0.29) is 28.6 Å². The molecule has 9 heteroatoms. The molecule has 1 aromatic rings. The Hall–Kier alpha value is -1.09. The smallest absolute Gasteiger partial charge is 0.277 e. The quantitative estimate of drug-likeness (QED) is 0.777. The summed E-state index contributed by atoms with van der Waals surface area (Å²) in [5, 5.41) is 10.3. The van der Waals surface area contributed by atoms with Crippen LogP contribution in [0.15, 0.2) is 9.64 Å². The zero-order valence-corrected chi connectivity index (χ0v) is 13.0. The Morgan fingerprint density at radius 2 is 2.30 bits per heavy atom. The number of hydrogen-bond donors (Lipinski definition) is 1. The number of nitrogens with one attached hydrogen (secondary N) is 1. The first kappa shape index (κ1) is 15.3. The van der Waals surface area contributed by atoms with Crippen LogP contribution in [0, 0.1) is 5.92 Å². The summed E-state index contributed by atoms with van der Waals surface area (Å²) < 4.78 is 28.2. The van der Waals surface area contributed by atoms with Crippen molar-refractivity contribution in [2.24, 2.45) is 5.92 Å². The molecule has 1 N–H and O–H groups in total. The van der Waals surface area contributed by atoms with Gasteiger partial charge in [0.05, 0.1) is 16.8 Å². The summed E-state index contributed by atoms with van der Waals surface area (Å²) in [6.07, 6.45) is 1.11. The highest BCUT2D eigenvalue weighted by Crippen LogP contribution is 2.25. The number of hydrogen-bond acceptors (Lipinski definition) is 7. The Morgan fingerprint density at radius 3 is 2.90 bits per heavy atom. The Labute approximate surface area is 121 Å². The molecule has 2 atom stereocenters. The van der Waals surface area contributed by atoms with Gasteiger partial charge in [-0.2, -0.15) is 0 Å². The van der Waals surface area contributed by atoms with Gasteiger partial charge in [-0.15, -0.1) is 10.2 Å². The minimum absolute atomic E-state index is 0.0506. The van der Waals surface area contributed by atoms with E-state index in [4.69, 9.17) is 4.42 Å². The second-order valence-corrected chi connectivity index (χ2v) is 8.33. The molecule has 7 nitrogen and oxygen atoms in total. The van der Waals surface area contributed by atoms with E-state index in [1.165, 1.54) is 11.8 Å². The molecule has 2 heterocycles. The number of thioether (sulfide) groups is 1. The fourth-order valence-electron chi connectivity index (χ4n) is 2.06. The van der Waals surface area contributed by atoms with Crippen molar-refractivity contribution < 1.29 is 17.6 Å². The van der Waals surface area contributed by atoms with Gasteiger partial charge in [0.2, 0.25) is 11.8 Å². The van der Waals surface area contributed by atoms with Crippen molar-refractivity contribution in [3.05, 3.63) is 5.89 Å². The standard InChI is InChI=1S/C11H17N3O4S2/c1-7(10(15)12-2)19-11-14-13-9(18-11)5-8-3-4-20(16,17)6-8/h7-8H,3-6H2,1-2H3,(H,12,15)/t7-,8+/m0/s1. The molecule has 0 saturated carbocycles. The fraction of sp³-hybridized carbons (Fsp3) is 0.727. The van der Waals surface area contributed by atoms with Gasteiger partial charge in [-0.1, -0.05) is 11.8 Å². The Morgan fingerprint density at radius 1 is 1.55 bits per heavy atom. The van der Waals surface area contributed by atoms with Crippen LogP contribution >= 0.6 is 11.8 Å². The van der Waals surface area contributed by atoms with E-state index < -0.39 is 9.84 Å². The molecule has 112 valence electrons. The Kier molecular flexibility index (Phi) is 4.69. The molecule has 1 saturated heterocycles. The van der Waals surface area contributed by atoms with Crippen molar-refractivity contribution in [3.63, 3.8) is 0 Å². The monoisotopic (exact) mass is 319 g/mol. The van der Waals surface area contributed by atoms with Gasteiger partial charge in [0.25, 0.3) is 5.22 Å². The van der Waals surface area contributed by atoms with Crippen LogP contribution in [0.25, 0.3) is 0 Å². The van der Waals surface area contributed by atoms with Gasteiger partial charge >= 0.3 is 0 Å². The molecule has 0 bridgehead atoms. The minimum Gasteiger partial charge on any atom is -0.416 e. The molecule has 20 heavy (non-hydrogen) atoms. The summed E-state index contributed by atoms with van der Waals surface area (Å²) in [5.74, 6) is 0.790. The minimum atomic E-state index is -2.89. The Balaban J connectivity index is 1.91. The molecule has 0 spiro atoms. The van der Waals surface area contributed by atoms with Crippen LogP contribution in [0.5, 0.6) is 0 Å². The first-order valence-corrected chi connectivity index (χ1v) is 9.01. The van der Waals surface area contributed by atoms with Crippen LogP contribution in [0.4, 0.5) is 0 Å². The largest absolute Gasteiger partial charge is 0.416 e. The van der Waals surface area contributed by atoms with Gasteiger partial charge in [-0.05, 0) is 19.3 Å². The maximum absolute atomic E-state index is 11.4. The molecule has 1 aromatic heterocycles. The lowest BCUT2D eigenvalue weighted by Gasteiger charge is -2.05. The number of carbonyl (C=O) groups is 1. The van der Waals surface area contributed by atoms with E-state index in [0.29, 0.717) is 24.0 Å². The number of rotatable bonds is 5. The summed E-state index contributed by atoms with van der Waals surface area (Å²) in [6.45, 7) is 1.75. The van der Waals surface area contributed by atoms with E-state index in [1.54, 1.807) is 14.0 Å². The molecule has 1 aliphatic rings. The van der Waals surface area contributed by atoms with E-state index in [1.807, 2.05) is 0 Å². The predicted octanol–water partition coefficient (Wildman–Crippen LogP) is 0.273. The maximum Gasteiger partial charge on any atom is 0.277 e. The van der Waals surface area contributed by atoms with E-state index >= 15 is 0 Å². The summed E-state index contributed by atoms with van der Waals surface area (Å²) >= 11 is 1.18. The molecule has 0 unspecified atom stereocenters. The number of aromatic nitrogens is 2. The fourth-order valence-corrected chi connectivity index (χ4v) is 4.68. The van der Waals surface area contributed by atoms with Crippen molar-refractivity contribution in [3.8, 4) is 0 Å². The average molecular weight is 319 g/mol. The summed E-state index contributed by atoms with van der Waals surface area (Å²) in [7, 11) is -1.32. The molecule has 1 fully saturated rings. The summed E-state index contributed by atoms with van der Waals surface area (Å²) in [5.41, 5.74) is 0. The van der Waals surface area contributed by atoms with Crippen molar-refractivity contribution >= 4 is 27.5 Å². The highest BCUT2D eigenvalue weighted by molar-refractivity contribution is 8.00. The lowest BCUT2D eigenvalue weighted by molar-refractivity contribution is -0.119. The van der Waals surface area contributed by atoms with Gasteiger partial charge in [0.1, 0.15) is 0 Å². The Bertz CT molecular complexity index is 584. The van der Waals surface area contributed by atoms with E-state index in [0.717, 1.165) is 0 Å². The number of amides is 1. The van der Waals surface area contributed by atoms with E-state index in [2.05, 4.69) is 15.5 Å². The third-order valence-electron chi connectivity index (χ3n) is 3.13. The first-order chi connectivity index (χ1) is 9.39. The zero-order valence-electron chi connectivity index (χ0n) is 11.3. The van der Waals surface area contributed by atoms with Crippen LogP contribution < -0.4 is 5.32 Å². The molecule has 2 rings (SSSR count). The highest BCUT2D eigenvalue weighted by atomic mass is 32.2. The van der Waals surface area contributed by atoms with Crippen molar-refractivity contribution in [2.45, 2.75) is 30.2 Å². The van der Waals surface area contributed by atoms with Crippen LogP contribution in [-0.2, 0) is 21.1 Å². The average Bonchev–Trinajstić information content (AvgIpc) is 2.95. The van der Waals surface area contributed by atoms with Gasteiger partial charge in [0.15, 0.2) is 9.84 Å². The molecular formula is C11H17N3O4S2. The SMILES string of the molecule is CNC(=O)[C@H](C)Sc1nnc(C[C@H]2CCS(=O)(=O)C2)o1. The second-order valence-electron chi connectivity index (χ2n) is 4.81. The lowest BCUT2D eigenvalue weighted by Crippen LogP contribution is -2.27. The summed E-state index contributed by atoms with van der Waals surface area (Å²) in [4.78, 5) is 11.4. The summed E-state index contributed by atoms with van der Waals surface area (Å²) in [6, 6.07) is 0. The van der Waals surface area contributed by atoms with Crippen LogP contribution in [0.1, 0.15) is 19.2 Å². The van der Waals surface area contributed by atoms with E-state index in [9.17, 15) is 13.2 Å². The number of sulfone groups is 1. The zero-order chi connectivity index (χ0) is 14.8. The van der Waals surface area contributed by atoms with Gasteiger partial charge < -0.3 is 9.73 Å². The molecule has 0 aromatic carbocycles. The van der Waals surface area contributed by atoms with Gasteiger partial charge in [-0.25, -0.2) is 8.42 Å². The second kappa shape index (κ2) is 6.13. The molecule has 1 amide bonds. The highest BCUT2D eigenvalue weighted by Gasteiger charge is 2.29.